The molecule has 0 aliphatic carbocycles. The molecular formula is C18H21Cl2N3O2. The van der Waals surface area contributed by atoms with Crippen LogP contribution in [0.15, 0.2) is 60.9 Å². The van der Waals surface area contributed by atoms with Gasteiger partial charge in [0.25, 0.3) is 0 Å². The first-order valence-electron chi connectivity index (χ1n) is 7.54. The number of aliphatic hydroxyl groups is 1. The van der Waals surface area contributed by atoms with Gasteiger partial charge < -0.3 is 9.67 Å². The molecule has 134 valence electrons. The fourth-order valence-electron chi connectivity index (χ4n) is 1.78. The smallest absolute Gasteiger partial charge is 0.155 e. The molecule has 2 aromatic heterocycles. The predicted molar refractivity (Wildman–Crippen MR) is 103 cm³/mol. The molecule has 0 bridgehead atoms. The predicted octanol–water partition coefficient (Wildman–Crippen LogP) is 4.97. The largest absolute Gasteiger partial charge is 0.397 e. The third kappa shape index (κ3) is 7.15. The van der Waals surface area contributed by atoms with Gasteiger partial charge in [0.05, 0.1) is 10.7 Å². The highest BCUT2D eigenvalue weighted by Crippen LogP contribution is 2.18. The minimum absolute atomic E-state index is 0.250. The second-order valence-electron chi connectivity index (χ2n) is 4.76. The monoisotopic (exact) mass is 381 g/mol. The number of rotatable bonds is 2. The zero-order valence-corrected chi connectivity index (χ0v) is 15.5. The summed E-state index contributed by atoms with van der Waals surface area (Å²) in [5, 5.41) is 17.2. The van der Waals surface area contributed by atoms with Gasteiger partial charge in [-0.1, -0.05) is 23.2 Å². The van der Waals surface area contributed by atoms with Crippen molar-refractivity contribution < 1.29 is 10.3 Å². The number of nitrogens with zero attached hydrogens (tertiary/aromatic N) is 2. The molecule has 0 saturated carbocycles. The van der Waals surface area contributed by atoms with Gasteiger partial charge in [-0.25, -0.2) is 4.98 Å². The van der Waals surface area contributed by atoms with Gasteiger partial charge in [0, 0.05) is 29.7 Å². The van der Waals surface area contributed by atoms with Gasteiger partial charge in [-0.15, -0.1) is 0 Å². The van der Waals surface area contributed by atoms with Gasteiger partial charge in [-0.05, 0) is 62.4 Å². The van der Waals surface area contributed by atoms with Gasteiger partial charge in [0.15, 0.2) is 5.82 Å². The summed E-state index contributed by atoms with van der Waals surface area (Å²) in [6, 6.07) is 14.4. The quantitative estimate of drug-likeness (QED) is 0.547. The van der Waals surface area contributed by atoms with Gasteiger partial charge in [-0.2, -0.15) is 0 Å². The maximum Gasteiger partial charge on any atom is 0.155 e. The molecule has 1 aromatic carbocycles. The molecule has 2 heterocycles. The fraction of sp³-hybridized carbons (Fsp3) is 0.167. The molecular weight excluding hydrogens is 361 g/mol. The molecule has 3 rings (SSSR count). The van der Waals surface area contributed by atoms with E-state index >= 15 is 0 Å². The van der Waals surface area contributed by atoms with E-state index in [4.69, 9.17) is 33.5 Å². The van der Waals surface area contributed by atoms with E-state index < -0.39 is 0 Å². The lowest BCUT2D eigenvalue weighted by molar-refractivity contribution is 0.318. The lowest BCUT2D eigenvalue weighted by Gasteiger charge is -2.05. The van der Waals surface area contributed by atoms with E-state index in [-0.39, 0.29) is 6.61 Å². The Kier molecular flexibility index (Phi) is 9.65. The van der Waals surface area contributed by atoms with Crippen molar-refractivity contribution in [1.29, 1.82) is 0 Å². The average Bonchev–Trinajstić information content (AvgIpc) is 3.03. The van der Waals surface area contributed by atoms with Gasteiger partial charge >= 0.3 is 0 Å². The van der Waals surface area contributed by atoms with E-state index in [1.54, 1.807) is 37.4 Å². The number of pyridine rings is 1. The summed E-state index contributed by atoms with van der Waals surface area (Å²) in [6.45, 7) is 3.95. The molecule has 0 spiro atoms. The number of nitrogens with one attached hydrogen (secondary N) is 1. The zero-order valence-electron chi connectivity index (χ0n) is 14.0. The summed E-state index contributed by atoms with van der Waals surface area (Å²) in [5.74, 6) is 0.784. The van der Waals surface area contributed by atoms with Crippen LogP contribution in [0, 0.1) is 6.92 Å². The number of aliphatic hydroxyl groups excluding tert-OH is 1. The molecule has 0 unspecified atom stereocenters. The third-order valence-corrected chi connectivity index (χ3v) is 3.44. The maximum absolute atomic E-state index is 8.34. The Balaban J connectivity index is 0.000000228. The Morgan fingerprint density at radius 3 is 2.20 bits per heavy atom. The molecule has 0 amide bonds. The number of hydrogen-bond acceptors (Lipinski definition) is 4. The topological polar surface area (TPSA) is 70.3 Å². The molecule has 3 aromatic rings. The number of aromatic nitrogens is 2. The van der Waals surface area contributed by atoms with Crippen LogP contribution in [-0.4, -0.2) is 26.5 Å². The van der Waals surface area contributed by atoms with Crippen molar-refractivity contribution in [3.8, 4) is 5.82 Å². The van der Waals surface area contributed by atoms with Gasteiger partial charge in [0.1, 0.15) is 0 Å². The molecule has 3 N–H and O–H groups in total. The van der Waals surface area contributed by atoms with Crippen molar-refractivity contribution in [2.24, 2.45) is 0 Å². The molecule has 25 heavy (non-hydrogen) atoms. The number of halogens is 2. The van der Waals surface area contributed by atoms with Gasteiger partial charge in [0.2, 0.25) is 0 Å². The van der Waals surface area contributed by atoms with Crippen molar-refractivity contribution >= 4 is 28.9 Å². The lowest BCUT2D eigenvalue weighted by atomic mass is 10.3. The second-order valence-corrected chi connectivity index (χ2v) is 5.61. The highest BCUT2D eigenvalue weighted by Gasteiger charge is 2.03. The number of anilines is 1. The van der Waals surface area contributed by atoms with Crippen LogP contribution < -0.4 is 5.48 Å². The van der Waals surface area contributed by atoms with Crippen molar-refractivity contribution in [2.75, 3.05) is 12.1 Å². The van der Waals surface area contributed by atoms with E-state index in [1.807, 2.05) is 47.4 Å². The van der Waals surface area contributed by atoms with Crippen LogP contribution in [0.4, 0.5) is 5.69 Å². The van der Waals surface area contributed by atoms with Crippen LogP contribution in [0.25, 0.3) is 5.82 Å². The molecule has 7 heteroatoms. The average molecular weight is 382 g/mol. The molecule has 0 saturated heterocycles. The molecule has 0 aliphatic heterocycles. The summed E-state index contributed by atoms with van der Waals surface area (Å²) in [5.41, 5.74) is 3.76. The highest BCUT2D eigenvalue weighted by atomic mass is 35.5. The first-order chi connectivity index (χ1) is 12.0. The van der Waals surface area contributed by atoms with E-state index in [1.165, 1.54) is 0 Å². The third-order valence-electron chi connectivity index (χ3n) is 2.89. The Bertz CT molecular complexity index is 746. The number of hydrogen-bond donors (Lipinski definition) is 3. The van der Waals surface area contributed by atoms with Crippen molar-refractivity contribution in [3.05, 3.63) is 76.7 Å². The van der Waals surface area contributed by atoms with Crippen molar-refractivity contribution in [3.63, 3.8) is 0 Å². The van der Waals surface area contributed by atoms with E-state index in [9.17, 15) is 0 Å². The molecule has 0 aliphatic rings. The Morgan fingerprint density at radius 1 is 1.08 bits per heavy atom. The normalized spacial score (nSPS) is 9.36. The number of benzene rings is 1. The van der Waals surface area contributed by atoms with Crippen LogP contribution in [0.2, 0.25) is 10.0 Å². The minimum atomic E-state index is 0.250. The SMILES string of the molecule is CCO.Cc1cccn1-c1ncccc1Cl.ONc1ccc(Cl)cc1. The molecule has 0 fully saturated rings. The Labute approximate surface area is 157 Å². The van der Waals surface area contributed by atoms with E-state index in [0.717, 1.165) is 11.5 Å². The summed E-state index contributed by atoms with van der Waals surface area (Å²) in [7, 11) is 0. The first kappa shape index (κ1) is 21.0. The Morgan fingerprint density at radius 2 is 1.72 bits per heavy atom. The fourth-order valence-corrected chi connectivity index (χ4v) is 2.12. The molecule has 5 nitrogen and oxygen atoms in total. The zero-order chi connectivity index (χ0) is 18.7. The minimum Gasteiger partial charge on any atom is -0.397 e. The summed E-state index contributed by atoms with van der Waals surface area (Å²) in [4.78, 5) is 4.21. The van der Waals surface area contributed by atoms with Gasteiger partial charge in [-0.3, -0.25) is 10.7 Å². The number of aryl methyl sites for hydroxylation is 1. The van der Waals surface area contributed by atoms with E-state index in [0.29, 0.717) is 15.7 Å². The van der Waals surface area contributed by atoms with Crippen LogP contribution in [-0.2, 0) is 0 Å². The Hall–Kier alpha value is -2.05. The van der Waals surface area contributed by atoms with Crippen molar-refractivity contribution in [1.82, 2.24) is 9.55 Å². The molecule has 0 atom stereocenters. The van der Waals surface area contributed by atoms with Crippen molar-refractivity contribution in [2.45, 2.75) is 13.8 Å². The van der Waals surface area contributed by atoms with E-state index in [2.05, 4.69) is 4.98 Å². The summed E-state index contributed by atoms with van der Waals surface area (Å²) < 4.78 is 1.96. The maximum atomic E-state index is 8.34. The van der Waals surface area contributed by atoms with Crippen LogP contribution in [0.5, 0.6) is 0 Å². The van der Waals surface area contributed by atoms with Crippen LogP contribution in [0.1, 0.15) is 12.6 Å². The van der Waals surface area contributed by atoms with Crippen LogP contribution in [0.3, 0.4) is 0 Å². The lowest BCUT2D eigenvalue weighted by Crippen LogP contribution is -1.97. The first-order valence-corrected chi connectivity index (χ1v) is 8.30. The van der Waals surface area contributed by atoms with Crippen LogP contribution >= 0.6 is 23.2 Å². The second kappa shape index (κ2) is 11.5. The highest BCUT2D eigenvalue weighted by molar-refractivity contribution is 6.32. The summed E-state index contributed by atoms with van der Waals surface area (Å²) >= 11 is 11.6. The molecule has 0 radical (unpaired) electrons. The summed E-state index contributed by atoms with van der Waals surface area (Å²) in [6.07, 6.45) is 3.68. The standard InChI is InChI=1S/C10H9ClN2.C6H6ClNO.C2H6O/c1-8-4-3-7-13(8)10-9(11)5-2-6-12-10;7-5-1-3-6(8-9)4-2-5;1-2-3/h2-7H,1H3;1-4,8-9H;3H,2H2,1H3.